The van der Waals surface area contributed by atoms with Gasteiger partial charge in [0.15, 0.2) is 0 Å². The summed E-state index contributed by atoms with van der Waals surface area (Å²) >= 11 is 7.05. The van der Waals surface area contributed by atoms with Gasteiger partial charge in [0.25, 0.3) is 0 Å². The zero-order valence-corrected chi connectivity index (χ0v) is 23.2. The lowest BCUT2D eigenvalue weighted by atomic mass is 10.1. The zero-order valence-electron chi connectivity index (χ0n) is 19.9. The van der Waals surface area contributed by atoms with Crippen LogP contribution in [-0.2, 0) is 0 Å². The van der Waals surface area contributed by atoms with Gasteiger partial charge in [0.05, 0.1) is 43.9 Å². The van der Waals surface area contributed by atoms with Crippen molar-refractivity contribution in [2.24, 2.45) is 0 Å². The second-order valence-electron chi connectivity index (χ2n) is 8.51. The Kier molecular flexibility index (Phi) is 6.27. The summed E-state index contributed by atoms with van der Waals surface area (Å²) in [7, 11) is 0. The lowest BCUT2D eigenvalue weighted by Gasteiger charge is -2.07. The van der Waals surface area contributed by atoms with Crippen LogP contribution in [0.3, 0.4) is 0 Å². The van der Waals surface area contributed by atoms with Crippen molar-refractivity contribution in [2.75, 3.05) is 0 Å². The highest BCUT2D eigenvalue weighted by atomic mass is 32.1. The molecule has 0 N–H and O–H groups in total. The Morgan fingerprint density at radius 3 is 1.08 bits per heavy atom. The van der Waals surface area contributed by atoms with E-state index in [1.807, 2.05) is 30.3 Å². The molecule has 0 saturated heterocycles. The normalized spacial score (nSPS) is 11.2. The predicted molar refractivity (Wildman–Crippen MR) is 164 cm³/mol. The largest absolute Gasteiger partial charge is 0.245 e. The molecular formula is C31H19N3S4. The van der Waals surface area contributed by atoms with E-state index in [2.05, 4.69) is 83.6 Å². The highest BCUT2D eigenvalue weighted by Gasteiger charge is 2.12. The molecule has 0 saturated carbocycles. The molecule has 0 aliphatic heterocycles. The Labute approximate surface area is 236 Å². The van der Waals surface area contributed by atoms with Gasteiger partial charge in [0.1, 0.15) is 0 Å². The van der Waals surface area contributed by atoms with Crippen LogP contribution in [-0.4, -0.2) is 15.0 Å². The molecule has 0 fully saturated rings. The van der Waals surface area contributed by atoms with Gasteiger partial charge in [-0.1, -0.05) is 30.3 Å². The number of aromatic nitrogens is 3. The molecule has 3 nitrogen and oxygen atoms in total. The van der Waals surface area contributed by atoms with Crippen LogP contribution in [0.1, 0.15) is 0 Å². The van der Waals surface area contributed by atoms with E-state index < -0.39 is 0 Å². The molecule has 7 heteroatoms. The maximum absolute atomic E-state index is 4.97. The van der Waals surface area contributed by atoms with E-state index in [1.165, 1.54) is 19.5 Å². The van der Waals surface area contributed by atoms with Gasteiger partial charge in [-0.05, 0) is 83.6 Å². The van der Waals surface area contributed by atoms with Crippen molar-refractivity contribution in [1.82, 2.24) is 15.0 Å². The van der Waals surface area contributed by atoms with Crippen molar-refractivity contribution in [3.63, 3.8) is 0 Å². The van der Waals surface area contributed by atoms with Crippen molar-refractivity contribution in [2.45, 2.75) is 0 Å². The summed E-state index contributed by atoms with van der Waals surface area (Å²) in [6.07, 6.45) is 0. The third kappa shape index (κ3) is 4.66. The quantitative estimate of drug-likeness (QED) is 0.203. The topological polar surface area (TPSA) is 38.7 Å². The lowest BCUT2D eigenvalue weighted by Crippen LogP contribution is -1.93. The van der Waals surface area contributed by atoms with Gasteiger partial charge in [-0.3, -0.25) is 0 Å². The Morgan fingerprint density at radius 1 is 0.316 bits per heavy atom. The van der Waals surface area contributed by atoms with Gasteiger partial charge in [0.2, 0.25) is 0 Å². The van der Waals surface area contributed by atoms with Gasteiger partial charge in [-0.25, -0.2) is 15.0 Å². The van der Waals surface area contributed by atoms with Crippen LogP contribution in [0.2, 0.25) is 0 Å². The van der Waals surface area contributed by atoms with Crippen LogP contribution in [0.4, 0.5) is 0 Å². The fourth-order valence-electron chi connectivity index (χ4n) is 4.20. The minimum absolute atomic E-state index is 0.836. The monoisotopic (exact) mass is 561 g/mol. The summed E-state index contributed by atoms with van der Waals surface area (Å²) in [5.74, 6) is 0. The molecule has 0 unspecified atom stereocenters. The highest BCUT2D eigenvalue weighted by Crippen LogP contribution is 2.37. The van der Waals surface area contributed by atoms with E-state index in [-0.39, 0.29) is 0 Å². The minimum atomic E-state index is 0.836. The van der Waals surface area contributed by atoms with Crippen molar-refractivity contribution < 1.29 is 0 Å². The minimum Gasteiger partial charge on any atom is -0.245 e. The molecule has 7 aromatic heterocycles. The first-order valence-corrected chi connectivity index (χ1v) is 15.4. The summed E-state index contributed by atoms with van der Waals surface area (Å²) in [6, 6.07) is 35.5. The molecule has 0 aliphatic carbocycles. The molecule has 0 spiro atoms. The SMILES string of the molecule is c1cc(-c2cccc(-c3ccc(-c4cccs4)s3)n2)nc(-c2cccc(-c3ccc(-c4cccs4)s3)n2)c1. The Hall–Kier alpha value is -3.75. The molecule has 182 valence electrons. The van der Waals surface area contributed by atoms with Crippen molar-refractivity contribution in [3.8, 4) is 63.4 Å². The van der Waals surface area contributed by atoms with Gasteiger partial charge in [0, 0.05) is 19.5 Å². The van der Waals surface area contributed by atoms with Gasteiger partial charge in [-0.15, -0.1) is 45.3 Å². The van der Waals surface area contributed by atoms with E-state index >= 15 is 0 Å². The number of rotatable bonds is 6. The molecule has 0 aromatic carbocycles. The van der Waals surface area contributed by atoms with Crippen LogP contribution in [0.25, 0.3) is 63.4 Å². The second-order valence-corrected chi connectivity index (χ2v) is 12.6. The van der Waals surface area contributed by atoms with E-state index in [9.17, 15) is 0 Å². The van der Waals surface area contributed by atoms with Crippen molar-refractivity contribution in [1.29, 1.82) is 0 Å². The third-order valence-corrected chi connectivity index (χ3v) is 10.4. The van der Waals surface area contributed by atoms with E-state index in [0.29, 0.717) is 0 Å². The van der Waals surface area contributed by atoms with Gasteiger partial charge < -0.3 is 0 Å². The number of hydrogen-bond donors (Lipinski definition) is 0. The number of nitrogens with zero attached hydrogens (tertiary/aromatic N) is 3. The molecule has 0 aliphatic rings. The van der Waals surface area contributed by atoms with Crippen LogP contribution in [0, 0.1) is 0 Å². The molecule has 7 aromatic rings. The fraction of sp³-hybridized carbons (Fsp3) is 0. The van der Waals surface area contributed by atoms with Crippen LogP contribution in [0.5, 0.6) is 0 Å². The molecule has 38 heavy (non-hydrogen) atoms. The fourth-order valence-corrected chi connectivity index (χ4v) is 7.82. The Morgan fingerprint density at radius 2 is 0.684 bits per heavy atom. The van der Waals surface area contributed by atoms with Crippen molar-refractivity contribution in [3.05, 3.63) is 114 Å². The number of thiophene rings is 4. The Bertz CT molecular complexity index is 1700. The lowest BCUT2D eigenvalue weighted by molar-refractivity contribution is 1.22. The van der Waals surface area contributed by atoms with E-state index in [1.54, 1.807) is 45.3 Å². The maximum Gasteiger partial charge on any atom is 0.0894 e. The first kappa shape index (κ1) is 23.4. The van der Waals surface area contributed by atoms with E-state index in [4.69, 9.17) is 15.0 Å². The summed E-state index contributed by atoms with van der Waals surface area (Å²) < 4.78 is 0. The average Bonchev–Trinajstić information content (AvgIpc) is 3.79. The van der Waals surface area contributed by atoms with Crippen molar-refractivity contribution >= 4 is 45.3 Å². The molecule has 7 rings (SSSR count). The molecule has 0 radical (unpaired) electrons. The van der Waals surface area contributed by atoms with Gasteiger partial charge in [-0.2, -0.15) is 0 Å². The molecule has 0 atom stereocenters. The van der Waals surface area contributed by atoms with E-state index in [0.717, 1.165) is 43.9 Å². The predicted octanol–water partition coefficient (Wildman–Crippen LogP) is 10.1. The average molecular weight is 562 g/mol. The number of pyridine rings is 3. The maximum atomic E-state index is 4.97. The number of hydrogen-bond acceptors (Lipinski definition) is 7. The standard InChI is InChI=1S/C31H19N3S4/c1-6-20(22-8-2-10-24(33-22)26-14-16-30(37-26)28-12-4-18-35-28)32-21(7-1)23-9-3-11-25(34-23)27-15-17-31(38-27)29-13-5-19-36-29/h1-19H. The first-order valence-electron chi connectivity index (χ1n) is 12.0. The summed E-state index contributed by atoms with van der Waals surface area (Å²) in [5.41, 5.74) is 5.30. The first-order chi connectivity index (χ1) is 18.8. The summed E-state index contributed by atoms with van der Waals surface area (Å²) in [4.78, 5) is 22.3. The molecule has 0 amide bonds. The van der Waals surface area contributed by atoms with Crippen LogP contribution < -0.4 is 0 Å². The molecule has 7 heterocycles. The summed E-state index contributed by atoms with van der Waals surface area (Å²) in [5, 5.41) is 4.22. The van der Waals surface area contributed by atoms with Crippen LogP contribution in [0.15, 0.2) is 114 Å². The zero-order chi connectivity index (χ0) is 25.3. The molecule has 0 bridgehead atoms. The summed E-state index contributed by atoms with van der Waals surface area (Å²) in [6.45, 7) is 0. The Balaban J connectivity index is 1.18. The van der Waals surface area contributed by atoms with Crippen LogP contribution >= 0.6 is 45.3 Å². The highest BCUT2D eigenvalue weighted by molar-refractivity contribution is 7.23. The molecular weight excluding hydrogens is 543 g/mol. The smallest absolute Gasteiger partial charge is 0.0894 e. The van der Waals surface area contributed by atoms with Gasteiger partial charge >= 0.3 is 0 Å². The second kappa shape index (κ2) is 10.2. The third-order valence-electron chi connectivity index (χ3n) is 6.02.